The van der Waals surface area contributed by atoms with Crippen molar-refractivity contribution in [2.24, 2.45) is 4.99 Å². The number of fused-ring (bicyclic) bond motifs is 1. The average Bonchev–Trinajstić information content (AvgIpc) is 2.97. The molecule has 0 saturated carbocycles. The zero-order valence-corrected chi connectivity index (χ0v) is 13.0. The summed E-state index contributed by atoms with van der Waals surface area (Å²) in [6, 6.07) is 3.67. The fourth-order valence-corrected chi connectivity index (χ4v) is 3.37. The first-order chi connectivity index (χ1) is 9.17. The third-order valence-corrected chi connectivity index (χ3v) is 5.10. The number of benzene rings is 1. The maximum atomic E-state index is 11.8. The Balaban J connectivity index is 2.00. The SMILES string of the molecule is CSC1=N/C(=C\c2cc3c(cc2Br)OCO3)C(=O)S1. The van der Waals surface area contributed by atoms with Crippen LogP contribution < -0.4 is 9.47 Å². The zero-order valence-electron chi connectivity index (χ0n) is 9.81. The molecule has 19 heavy (non-hydrogen) atoms. The van der Waals surface area contributed by atoms with E-state index in [1.165, 1.54) is 11.8 Å². The first-order valence-corrected chi connectivity index (χ1v) is 8.16. The van der Waals surface area contributed by atoms with Crippen LogP contribution in [-0.4, -0.2) is 22.5 Å². The first-order valence-electron chi connectivity index (χ1n) is 5.33. The van der Waals surface area contributed by atoms with Crippen LogP contribution >= 0.6 is 39.5 Å². The number of hydrogen-bond donors (Lipinski definition) is 0. The largest absolute Gasteiger partial charge is 0.454 e. The number of rotatable bonds is 1. The smallest absolute Gasteiger partial charge is 0.244 e. The van der Waals surface area contributed by atoms with Crippen molar-refractivity contribution in [3.8, 4) is 11.5 Å². The van der Waals surface area contributed by atoms with Crippen molar-refractivity contribution >= 4 is 55.0 Å². The topological polar surface area (TPSA) is 47.9 Å². The van der Waals surface area contributed by atoms with Gasteiger partial charge in [0.25, 0.3) is 0 Å². The Hall–Kier alpha value is -0.920. The van der Waals surface area contributed by atoms with E-state index in [1.54, 1.807) is 6.08 Å². The van der Waals surface area contributed by atoms with Gasteiger partial charge in [-0.05, 0) is 41.8 Å². The highest BCUT2D eigenvalue weighted by molar-refractivity contribution is 9.10. The fourth-order valence-electron chi connectivity index (χ4n) is 1.67. The minimum atomic E-state index is -0.0334. The lowest BCUT2D eigenvalue weighted by molar-refractivity contribution is -0.107. The summed E-state index contributed by atoms with van der Waals surface area (Å²) < 4.78 is 12.2. The third-order valence-electron chi connectivity index (χ3n) is 2.56. The standard InChI is InChI=1S/C12H8BrNO3S2/c1-18-12-14-8(11(15)19-12)2-6-3-9-10(4-7(6)13)17-5-16-9/h2-4H,5H2,1H3/b8-2-. The lowest BCUT2D eigenvalue weighted by Crippen LogP contribution is -1.92. The predicted molar refractivity (Wildman–Crippen MR) is 81.8 cm³/mol. The molecule has 0 aromatic heterocycles. The summed E-state index contributed by atoms with van der Waals surface area (Å²) in [5.74, 6) is 1.39. The molecule has 4 nitrogen and oxygen atoms in total. The van der Waals surface area contributed by atoms with Crippen LogP contribution in [0.4, 0.5) is 0 Å². The van der Waals surface area contributed by atoms with Gasteiger partial charge in [-0.1, -0.05) is 15.9 Å². The van der Waals surface area contributed by atoms with Gasteiger partial charge < -0.3 is 9.47 Å². The van der Waals surface area contributed by atoms with Crippen LogP contribution in [0.3, 0.4) is 0 Å². The molecule has 0 bridgehead atoms. The Morgan fingerprint density at radius 3 is 2.84 bits per heavy atom. The summed E-state index contributed by atoms with van der Waals surface area (Å²) in [5, 5.41) is -0.0334. The Morgan fingerprint density at radius 2 is 2.16 bits per heavy atom. The van der Waals surface area contributed by atoms with E-state index >= 15 is 0 Å². The average molecular weight is 358 g/mol. The molecule has 0 N–H and O–H groups in total. The van der Waals surface area contributed by atoms with E-state index in [4.69, 9.17) is 9.47 Å². The van der Waals surface area contributed by atoms with E-state index in [0.29, 0.717) is 17.2 Å². The predicted octanol–water partition coefficient (Wildman–Crippen LogP) is 3.51. The quantitative estimate of drug-likeness (QED) is 0.719. The molecule has 0 radical (unpaired) electrons. The number of halogens is 1. The van der Waals surface area contributed by atoms with E-state index in [9.17, 15) is 4.79 Å². The van der Waals surface area contributed by atoms with Crippen LogP contribution in [-0.2, 0) is 4.79 Å². The van der Waals surface area contributed by atoms with Crippen molar-refractivity contribution in [1.29, 1.82) is 0 Å². The number of carbonyl (C=O) groups is 1. The summed E-state index contributed by atoms with van der Waals surface area (Å²) in [7, 11) is 0. The number of nitrogens with zero attached hydrogens (tertiary/aromatic N) is 1. The Labute approximate surface area is 126 Å². The second-order valence-corrected chi connectivity index (χ2v) is 6.60. The first kappa shape index (κ1) is 13.1. The maximum Gasteiger partial charge on any atom is 0.244 e. The maximum absolute atomic E-state index is 11.8. The summed E-state index contributed by atoms with van der Waals surface area (Å²) in [6.45, 7) is 0.228. The highest BCUT2D eigenvalue weighted by Gasteiger charge is 2.22. The molecule has 2 heterocycles. The van der Waals surface area contributed by atoms with Gasteiger partial charge in [0.2, 0.25) is 11.9 Å². The van der Waals surface area contributed by atoms with Gasteiger partial charge in [-0.25, -0.2) is 4.99 Å². The molecule has 1 aromatic carbocycles. The highest BCUT2D eigenvalue weighted by Crippen LogP contribution is 2.38. The second-order valence-electron chi connectivity index (χ2n) is 3.73. The van der Waals surface area contributed by atoms with Crippen molar-refractivity contribution in [3.05, 3.63) is 27.9 Å². The molecule has 0 fully saturated rings. The summed E-state index contributed by atoms with van der Waals surface area (Å²) in [5.41, 5.74) is 1.30. The van der Waals surface area contributed by atoms with E-state index < -0.39 is 0 Å². The fraction of sp³-hybridized carbons (Fsp3) is 0.167. The van der Waals surface area contributed by atoms with Crippen LogP contribution in [0.25, 0.3) is 6.08 Å². The van der Waals surface area contributed by atoms with Gasteiger partial charge in [0.05, 0.1) is 0 Å². The zero-order chi connectivity index (χ0) is 13.4. The van der Waals surface area contributed by atoms with Gasteiger partial charge in [-0.2, -0.15) is 0 Å². The van der Waals surface area contributed by atoms with Crippen molar-refractivity contribution in [2.75, 3.05) is 13.0 Å². The van der Waals surface area contributed by atoms with E-state index in [1.807, 2.05) is 18.4 Å². The molecule has 0 aliphatic carbocycles. The van der Waals surface area contributed by atoms with Crippen LogP contribution in [0.15, 0.2) is 27.3 Å². The van der Waals surface area contributed by atoms with Crippen LogP contribution in [0.1, 0.15) is 5.56 Å². The number of ether oxygens (including phenoxy) is 2. The molecule has 7 heteroatoms. The van der Waals surface area contributed by atoms with Gasteiger partial charge in [0.15, 0.2) is 11.5 Å². The summed E-state index contributed by atoms with van der Waals surface area (Å²) in [4.78, 5) is 16.1. The van der Waals surface area contributed by atoms with Gasteiger partial charge in [-0.15, -0.1) is 11.8 Å². The Kier molecular flexibility index (Phi) is 3.60. The minimum absolute atomic E-state index is 0.0334. The van der Waals surface area contributed by atoms with Crippen molar-refractivity contribution in [1.82, 2.24) is 0 Å². The van der Waals surface area contributed by atoms with E-state index in [0.717, 1.165) is 26.2 Å². The molecular weight excluding hydrogens is 350 g/mol. The molecule has 2 aliphatic heterocycles. The molecule has 0 spiro atoms. The number of thioether (sulfide) groups is 2. The van der Waals surface area contributed by atoms with Crippen LogP contribution in [0.2, 0.25) is 0 Å². The van der Waals surface area contributed by atoms with Gasteiger partial charge in [0, 0.05) is 4.47 Å². The number of carbonyl (C=O) groups excluding carboxylic acids is 1. The molecule has 0 saturated heterocycles. The minimum Gasteiger partial charge on any atom is -0.454 e. The van der Waals surface area contributed by atoms with Crippen molar-refractivity contribution in [3.63, 3.8) is 0 Å². The van der Waals surface area contributed by atoms with E-state index in [2.05, 4.69) is 20.9 Å². The monoisotopic (exact) mass is 357 g/mol. The molecule has 1 aromatic rings. The van der Waals surface area contributed by atoms with Gasteiger partial charge in [-0.3, -0.25) is 4.79 Å². The lowest BCUT2D eigenvalue weighted by atomic mass is 10.1. The molecule has 3 rings (SSSR count). The number of aliphatic imine (C=N–C) groups is 1. The molecule has 0 atom stereocenters. The summed E-state index contributed by atoms with van der Waals surface area (Å²) in [6.07, 6.45) is 3.66. The van der Waals surface area contributed by atoms with Gasteiger partial charge in [0.1, 0.15) is 10.1 Å². The van der Waals surface area contributed by atoms with Crippen LogP contribution in [0.5, 0.6) is 11.5 Å². The van der Waals surface area contributed by atoms with Crippen LogP contribution in [0, 0.1) is 0 Å². The second kappa shape index (κ2) is 5.22. The molecule has 98 valence electrons. The third kappa shape index (κ3) is 2.54. The highest BCUT2D eigenvalue weighted by atomic mass is 79.9. The lowest BCUT2D eigenvalue weighted by Gasteiger charge is -2.02. The molecular formula is C12H8BrNO3S2. The Morgan fingerprint density at radius 1 is 1.42 bits per heavy atom. The summed E-state index contributed by atoms with van der Waals surface area (Å²) >= 11 is 6.09. The molecule has 0 amide bonds. The Bertz CT molecular complexity index is 628. The normalized spacial score (nSPS) is 19.2. The molecule has 0 unspecified atom stereocenters. The van der Waals surface area contributed by atoms with E-state index in [-0.39, 0.29) is 11.9 Å². The van der Waals surface area contributed by atoms with Crippen molar-refractivity contribution < 1.29 is 14.3 Å². The molecule has 2 aliphatic rings. The van der Waals surface area contributed by atoms with Crippen molar-refractivity contribution in [2.45, 2.75) is 0 Å². The number of hydrogen-bond acceptors (Lipinski definition) is 6. The van der Waals surface area contributed by atoms with Gasteiger partial charge >= 0.3 is 0 Å².